The summed E-state index contributed by atoms with van der Waals surface area (Å²) in [5.41, 5.74) is 4.52. The summed E-state index contributed by atoms with van der Waals surface area (Å²) in [5, 5.41) is 0. The van der Waals surface area contributed by atoms with Crippen LogP contribution in [0.5, 0.6) is 5.75 Å². The van der Waals surface area contributed by atoms with Gasteiger partial charge in [0.15, 0.2) is 11.4 Å². The van der Waals surface area contributed by atoms with Gasteiger partial charge in [0, 0.05) is 11.8 Å². The Labute approximate surface area is 172 Å². The molecule has 2 heteroatoms. The van der Waals surface area contributed by atoms with E-state index in [0.29, 0.717) is 17.4 Å². The van der Waals surface area contributed by atoms with Crippen molar-refractivity contribution in [1.82, 2.24) is 4.98 Å². The fraction of sp³-hybridized carbons (Fsp3) is 0.423. The third kappa shape index (κ3) is 6.89. The Morgan fingerprint density at radius 1 is 1.11 bits per heavy atom. The van der Waals surface area contributed by atoms with Crippen molar-refractivity contribution in [3.63, 3.8) is 0 Å². The summed E-state index contributed by atoms with van der Waals surface area (Å²) in [6.07, 6.45) is 15.4. The average Bonchev–Trinajstić information content (AvgIpc) is 2.76. The Morgan fingerprint density at radius 2 is 1.71 bits per heavy atom. The number of methoxy groups -OCH3 is 1. The number of rotatable bonds is 3. The summed E-state index contributed by atoms with van der Waals surface area (Å²) >= 11 is 0. The molecule has 0 radical (unpaired) electrons. The Balaban J connectivity index is 0.000000717. The molecule has 3 rings (SSSR count). The molecule has 0 amide bonds. The van der Waals surface area contributed by atoms with Gasteiger partial charge >= 0.3 is 0 Å². The zero-order chi connectivity index (χ0) is 20.8. The summed E-state index contributed by atoms with van der Waals surface area (Å²) < 4.78 is 5.45. The molecule has 28 heavy (non-hydrogen) atoms. The number of benzene rings is 1. The van der Waals surface area contributed by atoms with E-state index in [1.54, 1.807) is 13.3 Å². The predicted octanol–water partition coefficient (Wildman–Crippen LogP) is 7.26. The molecule has 1 aliphatic rings. The molecule has 2 aromatic rings. The lowest BCUT2D eigenvalue weighted by atomic mass is 9.81. The standard InChI is InChI=1S/C21H21NO.C3H8.C2H6/c1-3-20-21(23-2)19(13-14-22-20)15-16-9-11-18(12-10-16)17-7-5-4-6-8-17;1-3-2;1-2/h1,4-8,13-15,18H,9-12H2,2H3;3H2,1-2H3;1-2H3. The predicted molar refractivity (Wildman–Crippen MR) is 122 cm³/mol. The van der Waals surface area contributed by atoms with Crippen LogP contribution in [0, 0.1) is 12.3 Å². The SMILES string of the molecule is C#Cc1nccc(C=C2CCC(c3ccccc3)CC2)c1OC.CC.CCC. The molecular weight excluding hydrogens is 342 g/mol. The van der Waals surface area contributed by atoms with Crippen molar-refractivity contribution in [1.29, 1.82) is 0 Å². The van der Waals surface area contributed by atoms with Crippen LogP contribution in [0.25, 0.3) is 6.08 Å². The van der Waals surface area contributed by atoms with E-state index < -0.39 is 0 Å². The van der Waals surface area contributed by atoms with E-state index in [1.165, 1.54) is 30.4 Å². The molecule has 1 aromatic carbocycles. The summed E-state index contributed by atoms with van der Waals surface area (Å²) in [6, 6.07) is 12.8. The van der Waals surface area contributed by atoms with E-state index in [0.717, 1.165) is 18.4 Å². The second-order valence-electron chi connectivity index (χ2n) is 6.62. The molecule has 0 atom stereocenters. The maximum atomic E-state index is 5.50. The lowest BCUT2D eigenvalue weighted by molar-refractivity contribution is 0.410. The zero-order valence-electron chi connectivity index (χ0n) is 18.2. The van der Waals surface area contributed by atoms with Crippen molar-refractivity contribution in [2.45, 2.75) is 65.7 Å². The van der Waals surface area contributed by atoms with Crippen LogP contribution in [0.1, 0.15) is 82.5 Å². The van der Waals surface area contributed by atoms with Crippen LogP contribution in [0.15, 0.2) is 48.2 Å². The van der Waals surface area contributed by atoms with Gasteiger partial charge in [-0.3, -0.25) is 0 Å². The van der Waals surface area contributed by atoms with Crippen LogP contribution in [0.2, 0.25) is 0 Å². The third-order valence-electron chi connectivity index (χ3n) is 4.53. The fourth-order valence-corrected chi connectivity index (χ4v) is 3.31. The highest BCUT2D eigenvalue weighted by Crippen LogP contribution is 2.37. The topological polar surface area (TPSA) is 22.1 Å². The molecule has 0 unspecified atom stereocenters. The highest BCUT2D eigenvalue weighted by molar-refractivity contribution is 5.63. The Morgan fingerprint density at radius 3 is 2.25 bits per heavy atom. The minimum Gasteiger partial charge on any atom is -0.493 e. The minimum absolute atomic E-state index is 0.569. The molecule has 0 N–H and O–H groups in total. The molecule has 0 bridgehead atoms. The number of terminal acetylenes is 1. The van der Waals surface area contributed by atoms with Crippen LogP contribution in [0.3, 0.4) is 0 Å². The van der Waals surface area contributed by atoms with Gasteiger partial charge in [-0.1, -0.05) is 76.1 Å². The maximum Gasteiger partial charge on any atom is 0.160 e. The molecule has 0 saturated heterocycles. The molecule has 1 fully saturated rings. The first-order valence-electron chi connectivity index (χ1n) is 10.5. The van der Waals surface area contributed by atoms with Gasteiger partial charge in [-0.15, -0.1) is 6.42 Å². The number of allylic oxidation sites excluding steroid dienone is 1. The highest BCUT2D eigenvalue weighted by Gasteiger charge is 2.18. The van der Waals surface area contributed by atoms with Gasteiger partial charge in [0.25, 0.3) is 0 Å². The second-order valence-corrected chi connectivity index (χ2v) is 6.62. The molecule has 0 spiro atoms. The number of hydrogen-bond acceptors (Lipinski definition) is 2. The smallest absolute Gasteiger partial charge is 0.160 e. The van der Waals surface area contributed by atoms with Crippen molar-refractivity contribution >= 4 is 6.08 Å². The first-order valence-corrected chi connectivity index (χ1v) is 10.5. The van der Waals surface area contributed by atoms with Gasteiger partial charge in [-0.2, -0.15) is 0 Å². The van der Waals surface area contributed by atoms with Crippen LogP contribution >= 0.6 is 0 Å². The summed E-state index contributed by atoms with van der Waals surface area (Å²) in [7, 11) is 1.65. The first kappa shape index (κ1) is 23.5. The van der Waals surface area contributed by atoms with E-state index in [9.17, 15) is 0 Å². The molecular formula is C26H35NO. The Kier molecular flexibility index (Phi) is 11.4. The van der Waals surface area contributed by atoms with Gasteiger partial charge in [0.1, 0.15) is 0 Å². The number of hydrogen-bond donors (Lipinski definition) is 0. The largest absolute Gasteiger partial charge is 0.493 e. The van der Waals surface area contributed by atoms with E-state index in [4.69, 9.17) is 11.2 Å². The number of aromatic nitrogens is 1. The first-order chi connectivity index (χ1) is 13.7. The van der Waals surface area contributed by atoms with Crippen LogP contribution < -0.4 is 4.74 Å². The van der Waals surface area contributed by atoms with Crippen molar-refractivity contribution < 1.29 is 4.74 Å². The van der Waals surface area contributed by atoms with E-state index in [-0.39, 0.29) is 0 Å². The fourth-order valence-electron chi connectivity index (χ4n) is 3.31. The third-order valence-corrected chi connectivity index (χ3v) is 4.53. The molecule has 1 saturated carbocycles. The monoisotopic (exact) mass is 377 g/mol. The van der Waals surface area contributed by atoms with Gasteiger partial charge in [-0.25, -0.2) is 4.98 Å². The number of nitrogens with zero attached hydrogens (tertiary/aromatic N) is 1. The van der Waals surface area contributed by atoms with Gasteiger partial charge in [-0.05, 0) is 49.2 Å². The summed E-state index contributed by atoms with van der Waals surface area (Å²) in [4.78, 5) is 4.18. The number of pyridine rings is 1. The van der Waals surface area contributed by atoms with Crippen LogP contribution in [-0.2, 0) is 0 Å². The summed E-state index contributed by atoms with van der Waals surface area (Å²) in [5.74, 6) is 3.96. The number of ether oxygens (including phenoxy) is 1. The summed E-state index contributed by atoms with van der Waals surface area (Å²) in [6.45, 7) is 8.25. The normalized spacial score (nSPS) is 15.1. The van der Waals surface area contributed by atoms with Crippen molar-refractivity contribution in [2.75, 3.05) is 7.11 Å². The molecule has 0 aliphatic heterocycles. The molecule has 1 heterocycles. The average molecular weight is 378 g/mol. The maximum absolute atomic E-state index is 5.50. The van der Waals surface area contributed by atoms with Crippen molar-refractivity contribution in [3.8, 4) is 18.1 Å². The molecule has 1 aromatic heterocycles. The van der Waals surface area contributed by atoms with Crippen LogP contribution in [-0.4, -0.2) is 12.1 Å². The van der Waals surface area contributed by atoms with Crippen molar-refractivity contribution in [3.05, 3.63) is 65.0 Å². The quantitative estimate of drug-likeness (QED) is 0.525. The molecule has 1 aliphatic carbocycles. The van der Waals surface area contributed by atoms with Crippen LogP contribution in [0.4, 0.5) is 0 Å². The minimum atomic E-state index is 0.569. The van der Waals surface area contributed by atoms with Gasteiger partial charge in [0.05, 0.1) is 7.11 Å². The lowest BCUT2D eigenvalue weighted by Crippen LogP contribution is -2.06. The molecule has 2 nitrogen and oxygen atoms in total. The highest BCUT2D eigenvalue weighted by atomic mass is 16.5. The van der Waals surface area contributed by atoms with E-state index in [1.807, 2.05) is 19.9 Å². The zero-order valence-corrected chi connectivity index (χ0v) is 18.2. The van der Waals surface area contributed by atoms with Gasteiger partial charge in [0.2, 0.25) is 0 Å². The Hall–Kier alpha value is -2.53. The van der Waals surface area contributed by atoms with Gasteiger partial charge < -0.3 is 4.74 Å². The van der Waals surface area contributed by atoms with E-state index >= 15 is 0 Å². The van der Waals surface area contributed by atoms with Crippen molar-refractivity contribution in [2.24, 2.45) is 0 Å². The second kappa shape index (κ2) is 13.6. The molecule has 150 valence electrons. The lowest BCUT2D eigenvalue weighted by Gasteiger charge is -2.24. The Bertz CT molecular complexity index is 746. The van der Waals surface area contributed by atoms with E-state index in [2.05, 4.69) is 61.2 Å².